The molecule has 1 amide bonds. The van der Waals surface area contributed by atoms with Gasteiger partial charge in [-0.2, -0.15) is 9.78 Å². The van der Waals surface area contributed by atoms with Crippen LogP contribution < -0.4 is 11.2 Å². The summed E-state index contributed by atoms with van der Waals surface area (Å²) in [5.41, 5.74) is 9.71. The summed E-state index contributed by atoms with van der Waals surface area (Å²) in [7, 11) is 0. The van der Waals surface area contributed by atoms with Crippen LogP contribution in [0.25, 0.3) is 5.82 Å². The van der Waals surface area contributed by atoms with Gasteiger partial charge in [-0.25, -0.2) is 10.1 Å². The maximum atomic E-state index is 12.9. The summed E-state index contributed by atoms with van der Waals surface area (Å²) in [4.78, 5) is 19.1. The van der Waals surface area contributed by atoms with Gasteiger partial charge < -0.3 is 5.73 Å². The lowest BCUT2D eigenvalue weighted by Crippen LogP contribution is -2.31. The van der Waals surface area contributed by atoms with E-state index in [1.807, 2.05) is 6.07 Å². The molecule has 1 saturated heterocycles. The van der Waals surface area contributed by atoms with Crippen LogP contribution >= 0.6 is 0 Å². The average molecular weight is 396 g/mol. The number of rotatable bonds is 6. The first-order chi connectivity index (χ1) is 14.2. The monoisotopic (exact) mass is 396 g/mol. The van der Waals surface area contributed by atoms with Crippen molar-refractivity contribution in [3.8, 4) is 5.82 Å². The second-order valence-corrected chi connectivity index (χ2v) is 6.59. The Balaban J connectivity index is 1.59. The van der Waals surface area contributed by atoms with Crippen molar-refractivity contribution < 1.29 is 9.42 Å². The topological polar surface area (TPSA) is 153 Å². The van der Waals surface area contributed by atoms with Crippen molar-refractivity contribution in [3.63, 3.8) is 0 Å². The molecule has 4 rings (SSSR count). The molecule has 0 spiro atoms. The number of nitrogens with zero attached hydrogens (tertiary/aromatic N) is 8. The minimum absolute atomic E-state index is 0.00679. The second kappa shape index (κ2) is 8.56. The van der Waals surface area contributed by atoms with Crippen LogP contribution in [-0.4, -0.2) is 60.4 Å². The number of nitrogens with one attached hydrogen (secondary N) is 1. The summed E-state index contributed by atoms with van der Waals surface area (Å²) < 4.78 is 5.86. The molecule has 0 unspecified atom stereocenters. The Morgan fingerprint density at radius 3 is 2.90 bits per heavy atom. The van der Waals surface area contributed by atoms with E-state index in [-0.39, 0.29) is 17.3 Å². The molecule has 3 aromatic rings. The fourth-order valence-corrected chi connectivity index (χ4v) is 3.13. The van der Waals surface area contributed by atoms with E-state index in [2.05, 4.69) is 45.7 Å². The van der Waals surface area contributed by atoms with E-state index in [1.165, 1.54) is 17.3 Å². The lowest BCUT2D eigenvalue weighted by molar-refractivity contribution is 0.0944. The van der Waals surface area contributed by atoms with Gasteiger partial charge in [-0.15, -0.1) is 5.10 Å². The second-order valence-electron chi connectivity index (χ2n) is 6.59. The molecule has 3 aromatic heterocycles. The number of hydrazone groups is 1. The number of aromatic nitrogens is 6. The molecule has 12 heteroatoms. The van der Waals surface area contributed by atoms with Gasteiger partial charge in [0.1, 0.15) is 5.69 Å². The average Bonchev–Trinajstić information content (AvgIpc) is 3.35. The van der Waals surface area contributed by atoms with E-state index in [0.29, 0.717) is 12.2 Å². The van der Waals surface area contributed by atoms with Crippen LogP contribution in [0.5, 0.6) is 0 Å². The van der Waals surface area contributed by atoms with E-state index in [1.54, 1.807) is 18.5 Å². The molecule has 12 nitrogen and oxygen atoms in total. The number of nitrogen functional groups attached to an aromatic ring is 1. The molecule has 0 bridgehead atoms. The fourth-order valence-electron chi connectivity index (χ4n) is 3.13. The Morgan fingerprint density at radius 2 is 2.17 bits per heavy atom. The number of amides is 1. The fraction of sp³-hybridized carbons (Fsp3) is 0.353. The highest BCUT2D eigenvalue weighted by Crippen LogP contribution is 2.18. The molecule has 1 aliphatic rings. The SMILES string of the molecule is Nc1nonc1-n1nnc(CN2CCCCC2)c1C(=O)N/N=C/c1cccnc1. The number of hydrogen-bond donors (Lipinski definition) is 2. The summed E-state index contributed by atoms with van der Waals surface area (Å²) in [5.74, 6) is -0.388. The molecule has 0 saturated carbocycles. The van der Waals surface area contributed by atoms with Gasteiger partial charge in [0, 0.05) is 24.5 Å². The van der Waals surface area contributed by atoms with Crippen molar-refractivity contribution >= 4 is 17.9 Å². The third-order valence-electron chi connectivity index (χ3n) is 4.54. The standard InChI is InChI=1S/C17H20N10O2/c18-15-16(24-29-23-15)27-14(13(21-25-27)11-26-7-2-1-3-8-26)17(28)22-20-10-12-5-4-6-19-9-12/h4-6,9-10H,1-3,7-8,11H2,(H2,18,23)(H,22,28)/b20-10+. The van der Waals surface area contributed by atoms with Crippen LogP contribution in [-0.2, 0) is 6.54 Å². The number of hydrogen-bond acceptors (Lipinski definition) is 10. The van der Waals surface area contributed by atoms with Crippen molar-refractivity contribution in [1.82, 2.24) is 40.6 Å². The summed E-state index contributed by atoms with van der Waals surface area (Å²) in [5, 5.41) is 19.5. The molecule has 4 heterocycles. The Bertz CT molecular complexity index is 991. The minimum atomic E-state index is -0.496. The lowest BCUT2D eigenvalue weighted by Gasteiger charge is -2.25. The predicted octanol–water partition coefficient (Wildman–Crippen LogP) is 0.377. The normalized spacial score (nSPS) is 15.0. The van der Waals surface area contributed by atoms with Gasteiger partial charge in [0.15, 0.2) is 5.69 Å². The van der Waals surface area contributed by atoms with E-state index < -0.39 is 5.91 Å². The number of pyridine rings is 1. The van der Waals surface area contributed by atoms with Crippen molar-refractivity contribution in [2.75, 3.05) is 18.8 Å². The number of piperidine rings is 1. The summed E-state index contributed by atoms with van der Waals surface area (Å²) in [6.07, 6.45) is 8.22. The smallest absolute Gasteiger partial charge is 0.292 e. The van der Waals surface area contributed by atoms with Gasteiger partial charge in [-0.3, -0.25) is 14.7 Å². The van der Waals surface area contributed by atoms with Crippen LogP contribution in [0.2, 0.25) is 0 Å². The van der Waals surface area contributed by atoms with Crippen molar-refractivity contribution in [3.05, 3.63) is 41.5 Å². The van der Waals surface area contributed by atoms with Gasteiger partial charge in [-0.1, -0.05) is 17.7 Å². The summed E-state index contributed by atoms with van der Waals surface area (Å²) in [6, 6.07) is 3.59. The van der Waals surface area contributed by atoms with Crippen LogP contribution in [0.15, 0.2) is 34.3 Å². The predicted molar refractivity (Wildman–Crippen MR) is 102 cm³/mol. The quantitative estimate of drug-likeness (QED) is 0.444. The van der Waals surface area contributed by atoms with E-state index >= 15 is 0 Å². The molecule has 0 radical (unpaired) electrons. The molecule has 0 aliphatic carbocycles. The first kappa shape index (κ1) is 18.7. The van der Waals surface area contributed by atoms with Gasteiger partial charge in [0.25, 0.3) is 5.91 Å². The zero-order chi connectivity index (χ0) is 20.1. The van der Waals surface area contributed by atoms with E-state index in [0.717, 1.165) is 31.5 Å². The maximum absolute atomic E-state index is 12.9. The lowest BCUT2D eigenvalue weighted by atomic mass is 10.1. The van der Waals surface area contributed by atoms with Gasteiger partial charge >= 0.3 is 0 Å². The highest BCUT2D eigenvalue weighted by molar-refractivity contribution is 5.94. The molecule has 29 heavy (non-hydrogen) atoms. The number of carbonyl (C=O) groups is 1. The number of carbonyl (C=O) groups excluding carboxylic acids is 1. The molecule has 1 aliphatic heterocycles. The Morgan fingerprint density at radius 1 is 1.31 bits per heavy atom. The first-order valence-electron chi connectivity index (χ1n) is 9.21. The number of anilines is 1. The van der Waals surface area contributed by atoms with Crippen LogP contribution in [0.1, 0.15) is 41.0 Å². The van der Waals surface area contributed by atoms with E-state index in [9.17, 15) is 4.79 Å². The van der Waals surface area contributed by atoms with Crippen molar-refractivity contribution in [1.29, 1.82) is 0 Å². The maximum Gasteiger partial charge on any atom is 0.292 e. The third-order valence-corrected chi connectivity index (χ3v) is 4.54. The Labute approximate surface area is 165 Å². The molecule has 0 aromatic carbocycles. The van der Waals surface area contributed by atoms with Crippen molar-refractivity contribution in [2.45, 2.75) is 25.8 Å². The zero-order valence-corrected chi connectivity index (χ0v) is 15.6. The molecule has 0 atom stereocenters. The minimum Gasteiger partial charge on any atom is -0.378 e. The van der Waals surface area contributed by atoms with Crippen LogP contribution in [0.3, 0.4) is 0 Å². The zero-order valence-electron chi connectivity index (χ0n) is 15.6. The van der Waals surface area contributed by atoms with E-state index in [4.69, 9.17) is 5.73 Å². The molecule has 1 fully saturated rings. The van der Waals surface area contributed by atoms with Gasteiger partial charge in [0.2, 0.25) is 11.6 Å². The number of nitrogens with two attached hydrogens (primary N) is 1. The molecular weight excluding hydrogens is 376 g/mol. The molecule has 3 N–H and O–H groups in total. The van der Waals surface area contributed by atoms with Crippen LogP contribution in [0.4, 0.5) is 5.82 Å². The van der Waals surface area contributed by atoms with Crippen molar-refractivity contribution in [2.24, 2.45) is 5.10 Å². The Hall–Kier alpha value is -3.67. The Kier molecular flexibility index (Phi) is 5.52. The highest BCUT2D eigenvalue weighted by atomic mass is 16.6. The molecule has 150 valence electrons. The van der Waals surface area contributed by atoms with Gasteiger partial charge in [-0.05, 0) is 42.3 Å². The van der Waals surface area contributed by atoms with Gasteiger partial charge in [0.05, 0.1) is 6.21 Å². The summed E-state index contributed by atoms with van der Waals surface area (Å²) >= 11 is 0. The number of likely N-dealkylation sites (tertiary alicyclic amines) is 1. The van der Waals surface area contributed by atoms with Crippen LogP contribution in [0, 0.1) is 0 Å². The highest BCUT2D eigenvalue weighted by Gasteiger charge is 2.26. The first-order valence-corrected chi connectivity index (χ1v) is 9.21. The largest absolute Gasteiger partial charge is 0.378 e. The summed E-state index contributed by atoms with van der Waals surface area (Å²) in [6.45, 7) is 2.38. The third kappa shape index (κ3) is 4.27. The molecular formula is C17H20N10O2.